The lowest BCUT2D eigenvalue weighted by molar-refractivity contribution is -0.515. The standard InChI is InChI=1S/C20H6F18N2O6/c21-3-5(23)9(27)13(10(28)6(3)24)39-15(41)43-1-17(31,32)45-19(35,36)20(37,38)46-18(33,34)2-44-16(42)40-14-11(29)7(25)4(22)8(26)12(14)30/h1-2H2,(H,39,41)(H,40,42). The maximum Gasteiger partial charge on any atom is 0.453 e. The van der Waals surface area contributed by atoms with Crippen molar-refractivity contribution in [2.24, 2.45) is 0 Å². The average Bonchev–Trinajstić information content (AvgIpc) is 2.94. The number of amides is 2. The first-order valence-corrected chi connectivity index (χ1v) is 10.6. The van der Waals surface area contributed by atoms with E-state index >= 15 is 0 Å². The number of carbonyl (C=O) groups excluding carboxylic acids is 2. The molecule has 2 aromatic rings. The summed E-state index contributed by atoms with van der Waals surface area (Å²) in [7, 11) is 0. The molecule has 0 unspecified atom stereocenters. The zero-order valence-corrected chi connectivity index (χ0v) is 20.7. The average molecular weight is 712 g/mol. The highest BCUT2D eigenvalue weighted by molar-refractivity contribution is 5.85. The van der Waals surface area contributed by atoms with Crippen molar-refractivity contribution in [1.29, 1.82) is 0 Å². The molecule has 46 heavy (non-hydrogen) atoms. The molecule has 8 nitrogen and oxygen atoms in total. The first-order valence-electron chi connectivity index (χ1n) is 10.6. The number of hydrogen-bond acceptors (Lipinski definition) is 6. The summed E-state index contributed by atoms with van der Waals surface area (Å²) in [6.07, 6.45) is -30.7. The van der Waals surface area contributed by atoms with Crippen LogP contribution in [-0.4, -0.2) is 49.8 Å². The monoisotopic (exact) mass is 712 g/mol. The number of carbonyl (C=O) groups is 2. The summed E-state index contributed by atoms with van der Waals surface area (Å²) < 4.78 is 252. The number of nitrogens with one attached hydrogen (secondary N) is 2. The van der Waals surface area contributed by atoms with Gasteiger partial charge in [0.15, 0.2) is 59.8 Å². The Hall–Kier alpha value is -4.36. The summed E-state index contributed by atoms with van der Waals surface area (Å²) >= 11 is 0. The van der Waals surface area contributed by atoms with E-state index in [2.05, 4.69) is 18.9 Å². The molecule has 258 valence electrons. The van der Waals surface area contributed by atoms with Crippen LogP contribution in [0.4, 0.5) is 100.0 Å². The Labute approximate surface area is 238 Å². The van der Waals surface area contributed by atoms with Gasteiger partial charge in [-0.3, -0.25) is 10.6 Å². The number of ether oxygens (including phenoxy) is 4. The molecule has 0 spiro atoms. The predicted octanol–water partition coefficient (Wildman–Crippen LogP) is 7.28. The van der Waals surface area contributed by atoms with Gasteiger partial charge in [-0.1, -0.05) is 0 Å². The highest BCUT2D eigenvalue weighted by atomic mass is 19.3. The summed E-state index contributed by atoms with van der Waals surface area (Å²) in [5, 5.41) is 1.38. The van der Waals surface area contributed by atoms with Crippen LogP contribution >= 0.6 is 0 Å². The van der Waals surface area contributed by atoms with Gasteiger partial charge in [0, 0.05) is 0 Å². The maximum absolute atomic E-state index is 13.6. The van der Waals surface area contributed by atoms with Crippen molar-refractivity contribution >= 4 is 23.6 Å². The molecular weight excluding hydrogens is 706 g/mol. The van der Waals surface area contributed by atoms with Gasteiger partial charge in [-0.05, 0) is 0 Å². The lowest BCUT2D eigenvalue weighted by atomic mass is 10.2. The molecule has 2 aromatic carbocycles. The van der Waals surface area contributed by atoms with E-state index in [1.807, 2.05) is 0 Å². The van der Waals surface area contributed by atoms with E-state index < -0.39 is 119 Å². The molecule has 0 aliphatic heterocycles. The second-order valence-electron chi connectivity index (χ2n) is 7.80. The lowest BCUT2D eigenvalue weighted by Gasteiger charge is -2.30. The predicted molar refractivity (Wildman–Crippen MR) is 104 cm³/mol. The Balaban J connectivity index is 2.03. The van der Waals surface area contributed by atoms with Gasteiger partial charge in [-0.2, -0.15) is 35.1 Å². The molecule has 0 atom stereocenters. The minimum absolute atomic E-state index is 0.688. The molecule has 0 heterocycles. The molecule has 2 amide bonds. The second-order valence-corrected chi connectivity index (χ2v) is 7.80. The quantitative estimate of drug-likeness (QED) is 0.145. The number of benzene rings is 2. The largest absolute Gasteiger partial charge is 0.453 e. The Bertz CT molecular complexity index is 1350. The van der Waals surface area contributed by atoms with Crippen molar-refractivity contribution in [3.05, 3.63) is 58.2 Å². The third-order valence-electron chi connectivity index (χ3n) is 4.51. The number of rotatable bonds is 11. The SMILES string of the molecule is O=C(Nc1c(F)c(F)c(F)c(F)c1F)OCC(F)(F)OC(F)(F)C(F)(F)OC(F)(F)COC(=O)Nc1c(F)c(F)c(F)c(F)c1F. The van der Waals surface area contributed by atoms with E-state index in [0.29, 0.717) is 10.6 Å². The van der Waals surface area contributed by atoms with Crippen LogP contribution in [0.15, 0.2) is 0 Å². The first kappa shape index (κ1) is 37.8. The van der Waals surface area contributed by atoms with Crippen molar-refractivity contribution in [3.8, 4) is 0 Å². The van der Waals surface area contributed by atoms with Crippen LogP contribution in [0.25, 0.3) is 0 Å². The molecule has 0 aliphatic carbocycles. The van der Waals surface area contributed by atoms with Crippen LogP contribution in [0.1, 0.15) is 0 Å². The Morgan fingerprint density at radius 1 is 0.435 bits per heavy atom. The highest BCUT2D eigenvalue weighted by Crippen LogP contribution is 2.43. The van der Waals surface area contributed by atoms with Crippen LogP contribution in [-0.2, 0) is 18.9 Å². The number of hydrogen-bond donors (Lipinski definition) is 2. The van der Waals surface area contributed by atoms with E-state index in [0.717, 1.165) is 0 Å². The summed E-state index contributed by atoms with van der Waals surface area (Å²) in [6.45, 7) is -5.89. The highest BCUT2D eigenvalue weighted by Gasteiger charge is 2.67. The molecule has 2 rings (SSSR count). The first-order chi connectivity index (χ1) is 20.7. The minimum atomic E-state index is -6.86. The Morgan fingerprint density at radius 2 is 0.652 bits per heavy atom. The number of alkyl halides is 8. The minimum Gasteiger partial charge on any atom is -0.440 e. The molecule has 0 saturated carbocycles. The van der Waals surface area contributed by atoms with Crippen LogP contribution < -0.4 is 10.6 Å². The molecule has 2 N–H and O–H groups in total. The van der Waals surface area contributed by atoms with Gasteiger partial charge in [0.05, 0.1) is 0 Å². The summed E-state index contributed by atoms with van der Waals surface area (Å²) in [4.78, 5) is 22.7. The molecular formula is C20H6F18N2O6. The van der Waals surface area contributed by atoms with Gasteiger partial charge < -0.3 is 9.47 Å². The third-order valence-corrected chi connectivity index (χ3v) is 4.51. The van der Waals surface area contributed by atoms with Crippen molar-refractivity contribution in [3.63, 3.8) is 0 Å². The van der Waals surface area contributed by atoms with E-state index in [1.165, 1.54) is 0 Å². The molecule has 0 aliphatic rings. The van der Waals surface area contributed by atoms with Gasteiger partial charge in [0.25, 0.3) is 0 Å². The van der Waals surface area contributed by atoms with Crippen molar-refractivity contribution in [1.82, 2.24) is 0 Å². The Morgan fingerprint density at radius 3 is 0.891 bits per heavy atom. The van der Waals surface area contributed by atoms with Crippen molar-refractivity contribution in [2.75, 3.05) is 23.8 Å². The van der Waals surface area contributed by atoms with Crippen molar-refractivity contribution < 1.29 is 108 Å². The number of anilines is 2. The fourth-order valence-corrected chi connectivity index (χ4v) is 2.56. The number of halogens is 18. The molecule has 0 aromatic heterocycles. The van der Waals surface area contributed by atoms with E-state index in [4.69, 9.17) is 0 Å². The fraction of sp³-hybridized carbons (Fsp3) is 0.300. The van der Waals surface area contributed by atoms with Gasteiger partial charge >= 0.3 is 36.6 Å². The molecule has 26 heteroatoms. The van der Waals surface area contributed by atoms with Crippen LogP contribution in [0, 0.1) is 58.2 Å². The molecule has 0 radical (unpaired) electrons. The maximum atomic E-state index is 13.6. The van der Waals surface area contributed by atoms with Crippen LogP contribution in [0.2, 0.25) is 0 Å². The van der Waals surface area contributed by atoms with E-state index in [-0.39, 0.29) is 0 Å². The van der Waals surface area contributed by atoms with Crippen LogP contribution in [0.5, 0.6) is 0 Å². The lowest BCUT2D eigenvalue weighted by Crippen LogP contribution is -2.53. The fourth-order valence-electron chi connectivity index (χ4n) is 2.56. The second kappa shape index (κ2) is 13.2. The summed E-state index contributed by atoms with van der Waals surface area (Å²) in [5.74, 6) is -27.2. The van der Waals surface area contributed by atoms with Gasteiger partial charge in [-0.25, -0.2) is 63.0 Å². The smallest absolute Gasteiger partial charge is 0.440 e. The van der Waals surface area contributed by atoms with E-state index in [1.54, 1.807) is 0 Å². The Kier molecular flexibility index (Phi) is 10.8. The van der Waals surface area contributed by atoms with Gasteiger partial charge in [0.2, 0.25) is 11.6 Å². The van der Waals surface area contributed by atoms with E-state index in [9.17, 15) is 88.6 Å². The summed E-state index contributed by atoms with van der Waals surface area (Å²) in [6, 6.07) is 0. The normalized spacial score (nSPS) is 12.7. The zero-order valence-electron chi connectivity index (χ0n) is 20.7. The molecule has 0 bridgehead atoms. The summed E-state index contributed by atoms with van der Waals surface area (Å²) in [5.41, 5.74) is -4.44. The molecule has 0 saturated heterocycles. The van der Waals surface area contributed by atoms with Crippen LogP contribution in [0.3, 0.4) is 0 Å². The van der Waals surface area contributed by atoms with Gasteiger partial charge in [-0.15, -0.1) is 0 Å². The zero-order chi connectivity index (χ0) is 35.7. The van der Waals surface area contributed by atoms with Crippen molar-refractivity contribution in [2.45, 2.75) is 24.4 Å². The molecule has 0 fully saturated rings. The van der Waals surface area contributed by atoms with Gasteiger partial charge in [0.1, 0.15) is 11.4 Å². The third kappa shape index (κ3) is 8.26. The topological polar surface area (TPSA) is 95.1 Å².